The highest BCUT2D eigenvalue weighted by molar-refractivity contribution is 9.10. The first-order valence-electron chi connectivity index (χ1n) is 8.33. The van der Waals surface area contributed by atoms with E-state index >= 15 is 0 Å². The molecule has 1 fully saturated rings. The van der Waals surface area contributed by atoms with E-state index < -0.39 is 0 Å². The quantitative estimate of drug-likeness (QED) is 0.770. The van der Waals surface area contributed by atoms with Crippen molar-refractivity contribution in [2.45, 2.75) is 52.1 Å². The lowest BCUT2D eigenvalue weighted by atomic mass is 10.0. The summed E-state index contributed by atoms with van der Waals surface area (Å²) in [5.41, 5.74) is 1.44. The van der Waals surface area contributed by atoms with Gasteiger partial charge < -0.3 is 5.32 Å². The minimum atomic E-state index is 0.530. The van der Waals surface area contributed by atoms with E-state index in [9.17, 15) is 0 Å². The van der Waals surface area contributed by atoms with Gasteiger partial charge in [0.1, 0.15) is 0 Å². The van der Waals surface area contributed by atoms with Crippen molar-refractivity contribution in [1.29, 1.82) is 0 Å². The Hall–Kier alpha value is -0.380. The highest BCUT2D eigenvalue weighted by Crippen LogP contribution is 2.27. The zero-order valence-corrected chi connectivity index (χ0v) is 15.2. The third kappa shape index (κ3) is 5.08. The molecule has 0 bridgehead atoms. The lowest BCUT2D eigenvalue weighted by molar-refractivity contribution is 0.156. The van der Waals surface area contributed by atoms with Gasteiger partial charge in [0.05, 0.1) is 0 Å². The number of hydrogen-bond acceptors (Lipinski definition) is 2. The standard InChI is InChI=1S/C18H29BrN2/c1-4-18(15-7-9-16(19)10-8-15)21(12-14(2)3)13-17-6-5-11-20-17/h7-10,14,17-18,20H,4-6,11-13H2,1-3H3. The maximum Gasteiger partial charge on any atom is 0.0346 e. The van der Waals surface area contributed by atoms with Crippen LogP contribution < -0.4 is 5.32 Å². The molecule has 1 aliphatic heterocycles. The monoisotopic (exact) mass is 352 g/mol. The first-order chi connectivity index (χ1) is 10.1. The Morgan fingerprint density at radius 3 is 2.52 bits per heavy atom. The van der Waals surface area contributed by atoms with Crippen LogP contribution in [0.15, 0.2) is 28.7 Å². The average Bonchev–Trinajstić information content (AvgIpc) is 2.94. The summed E-state index contributed by atoms with van der Waals surface area (Å²) >= 11 is 3.54. The van der Waals surface area contributed by atoms with E-state index in [4.69, 9.17) is 0 Å². The van der Waals surface area contributed by atoms with E-state index in [1.165, 1.54) is 44.5 Å². The average molecular weight is 353 g/mol. The van der Waals surface area contributed by atoms with Gasteiger partial charge in [-0.1, -0.05) is 48.8 Å². The molecular formula is C18H29BrN2. The molecule has 0 saturated carbocycles. The van der Waals surface area contributed by atoms with Crippen molar-refractivity contribution in [2.75, 3.05) is 19.6 Å². The van der Waals surface area contributed by atoms with Crippen molar-refractivity contribution in [1.82, 2.24) is 10.2 Å². The normalized spacial score (nSPS) is 20.4. The Morgan fingerprint density at radius 2 is 2.00 bits per heavy atom. The molecule has 1 heterocycles. The van der Waals surface area contributed by atoms with Crippen LogP contribution >= 0.6 is 15.9 Å². The van der Waals surface area contributed by atoms with Crippen LogP contribution in [0.4, 0.5) is 0 Å². The van der Waals surface area contributed by atoms with Crippen LogP contribution in [0.2, 0.25) is 0 Å². The van der Waals surface area contributed by atoms with Gasteiger partial charge in [-0.3, -0.25) is 4.90 Å². The van der Waals surface area contributed by atoms with E-state index in [1.54, 1.807) is 0 Å². The first-order valence-corrected chi connectivity index (χ1v) is 9.12. The molecule has 1 N–H and O–H groups in total. The van der Waals surface area contributed by atoms with Crippen molar-refractivity contribution < 1.29 is 0 Å². The van der Waals surface area contributed by atoms with Crippen LogP contribution in [0, 0.1) is 5.92 Å². The van der Waals surface area contributed by atoms with Crippen LogP contribution in [0.5, 0.6) is 0 Å². The fourth-order valence-corrected chi connectivity index (χ4v) is 3.65. The van der Waals surface area contributed by atoms with Crippen molar-refractivity contribution in [3.05, 3.63) is 34.3 Å². The molecule has 0 aromatic heterocycles. The second-order valence-electron chi connectivity index (χ2n) is 6.62. The van der Waals surface area contributed by atoms with Gasteiger partial charge in [0.15, 0.2) is 0 Å². The number of hydrogen-bond donors (Lipinski definition) is 1. The molecule has 1 aliphatic rings. The topological polar surface area (TPSA) is 15.3 Å². The van der Waals surface area contributed by atoms with Gasteiger partial charge in [-0.2, -0.15) is 0 Å². The summed E-state index contributed by atoms with van der Waals surface area (Å²) in [7, 11) is 0. The van der Waals surface area contributed by atoms with Crippen LogP contribution in [0.25, 0.3) is 0 Å². The molecule has 1 aromatic carbocycles. The highest BCUT2D eigenvalue weighted by Gasteiger charge is 2.24. The molecule has 0 radical (unpaired) electrons. The second kappa shape index (κ2) is 8.30. The molecule has 2 unspecified atom stereocenters. The number of nitrogens with one attached hydrogen (secondary N) is 1. The zero-order valence-electron chi connectivity index (χ0n) is 13.6. The second-order valence-corrected chi connectivity index (χ2v) is 7.53. The Kier molecular flexibility index (Phi) is 6.72. The van der Waals surface area contributed by atoms with Crippen molar-refractivity contribution in [3.63, 3.8) is 0 Å². The number of nitrogens with zero attached hydrogens (tertiary/aromatic N) is 1. The maximum atomic E-state index is 3.65. The summed E-state index contributed by atoms with van der Waals surface area (Å²) in [4.78, 5) is 2.69. The predicted molar refractivity (Wildman–Crippen MR) is 94.6 cm³/mol. The van der Waals surface area contributed by atoms with Gasteiger partial charge in [0, 0.05) is 29.6 Å². The van der Waals surface area contributed by atoms with Crippen LogP contribution in [-0.4, -0.2) is 30.6 Å². The Balaban J connectivity index is 2.12. The molecular weight excluding hydrogens is 324 g/mol. The summed E-state index contributed by atoms with van der Waals surface area (Å²) in [5.74, 6) is 0.705. The lowest BCUT2D eigenvalue weighted by Gasteiger charge is -2.35. The Bertz CT molecular complexity index is 410. The van der Waals surface area contributed by atoms with Crippen molar-refractivity contribution in [2.24, 2.45) is 5.92 Å². The lowest BCUT2D eigenvalue weighted by Crippen LogP contribution is -2.41. The van der Waals surface area contributed by atoms with E-state index in [0.29, 0.717) is 18.0 Å². The summed E-state index contributed by atoms with van der Waals surface area (Å²) < 4.78 is 1.16. The fraction of sp³-hybridized carbons (Fsp3) is 0.667. The number of benzene rings is 1. The number of rotatable bonds is 7. The molecule has 0 amide bonds. The van der Waals surface area contributed by atoms with E-state index in [-0.39, 0.29) is 0 Å². The fourth-order valence-electron chi connectivity index (χ4n) is 3.38. The maximum absolute atomic E-state index is 3.65. The third-order valence-corrected chi connectivity index (χ3v) is 4.83. The summed E-state index contributed by atoms with van der Waals surface area (Å²) in [5, 5.41) is 3.65. The molecule has 1 aromatic rings. The van der Waals surface area contributed by atoms with Gasteiger partial charge in [0.2, 0.25) is 0 Å². The summed E-state index contributed by atoms with van der Waals surface area (Å²) in [6, 6.07) is 10.1. The smallest absolute Gasteiger partial charge is 0.0346 e. The van der Waals surface area contributed by atoms with Gasteiger partial charge in [-0.25, -0.2) is 0 Å². The molecule has 0 spiro atoms. The Morgan fingerprint density at radius 1 is 1.29 bits per heavy atom. The predicted octanol–water partition coefficient (Wildman–Crippen LogP) is 4.61. The summed E-state index contributed by atoms with van der Waals surface area (Å²) in [6.45, 7) is 10.5. The van der Waals surface area contributed by atoms with Gasteiger partial charge in [-0.15, -0.1) is 0 Å². The van der Waals surface area contributed by atoms with Crippen LogP contribution in [0.3, 0.4) is 0 Å². The SMILES string of the molecule is CCC(c1ccc(Br)cc1)N(CC(C)C)CC1CCCN1. The largest absolute Gasteiger partial charge is 0.313 e. The molecule has 1 saturated heterocycles. The van der Waals surface area contributed by atoms with Crippen LogP contribution in [-0.2, 0) is 0 Å². The van der Waals surface area contributed by atoms with E-state index in [2.05, 4.69) is 71.2 Å². The molecule has 2 atom stereocenters. The van der Waals surface area contributed by atoms with Crippen molar-refractivity contribution >= 4 is 15.9 Å². The highest BCUT2D eigenvalue weighted by atomic mass is 79.9. The summed E-state index contributed by atoms with van der Waals surface area (Å²) in [6.07, 6.45) is 3.82. The van der Waals surface area contributed by atoms with Crippen molar-refractivity contribution in [3.8, 4) is 0 Å². The third-order valence-electron chi connectivity index (χ3n) is 4.30. The molecule has 21 heavy (non-hydrogen) atoms. The first kappa shape index (κ1) is 17.0. The minimum Gasteiger partial charge on any atom is -0.313 e. The molecule has 0 aliphatic carbocycles. The number of halogens is 1. The molecule has 3 heteroatoms. The zero-order chi connectivity index (χ0) is 15.2. The van der Waals surface area contributed by atoms with Crippen LogP contribution in [0.1, 0.15) is 51.6 Å². The molecule has 2 nitrogen and oxygen atoms in total. The van der Waals surface area contributed by atoms with Gasteiger partial charge >= 0.3 is 0 Å². The van der Waals surface area contributed by atoms with E-state index in [0.717, 1.165) is 4.47 Å². The van der Waals surface area contributed by atoms with Gasteiger partial charge in [-0.05, 0) is 49.4 Å². The van der Waals surface area contributed by atoms with E-state index in [1.807, 2.05) is 0 Å². The molecule has 2 rings (SSSR count). The molecule has 118 valence electrons. The minimum absolute atomic E-state index is 0.530. The van der Waals surface area contributed by atoms with Gasteiger partial charge in [0.25, 0.3) is 0 Å². The Labute approximate surface area is 138 Å².